The molecule has 4 heteroatoms. The van der Waals surface area contributed by atoms with Gasteiger partial charge in [-0.2, -0.15) is 0 Å². The summed E-state index contributed by atoms with van der Waals surface area (Å²) >= 11 is 0. The van der Waals surface area contributed by atoms with Crippen molar-refractivity contribution in [2.24, 2.45) is 0 Å². The Morgan fingerprint density at radius 2 is 0.390 bits per heavy atom. The summed E-state index contributed by atoms with van der Waals surface area (Å²) in [6, 6.07) is 107. The Morgan fingerprint density at radius 1 is 0.234 bits per heavy atom. The van der Waals surface area contributed by atoms with E-state index >= 15 is 4.79 Å². The van der Waals surface area contributed by atoms with Gasteiger partial charge < -0.3 is 9.29 Å². The molecule has 12 aromatic carbocycles. The number of benzene rings is 12. The highest BCUT2D eigenvalue weighted by Gasteiger charge is 2.47. The first-order chi connectivity index (χ1) is 38.0. The summed E-state index contributed by atoms with van der Waals surface area (Å²) in [5.74, 6) is 0. The second-order valence-corrected chi connectivity index (χ2v) is 21.4. The van der Waals surface area contributed by atoms with Gasteiger partial charge in [0.2, 0.25) is 0 Å². The van der Waals surface area contributed by atoms with Gasteiger partial charge in [0.05, 0.1) is 0 Å². The first kappa shape index (κ1) is 48.2. The zero-order valence-corrected chi connectivity index (χ0v) is 42.9. The normalized spacial score (nSPS) is 11.4. The lowest BCUT2D eigenvalue weighted by molar-refractivity contribution is 0.150. The van der Waals surface area contributed by atoms with Gasteiger partial charge in [-0.15, -0.1) is 0 Å². The van der Waals surface area contributed by atoms with Crippen LogP contribution in [0.5, 0.6) is 0 Å². The Hall–Kier alpha value is -9.74. The predicted octanol–water partition coefficient (Wildman–Crippen LogP) is 20.6. The minimum Gasteiger partial charge on any atom is -0.449 e. The van der Waals surface area contributed by atoms with E-state index in [1.165, 1.54) is 0 Å². The predicted molar refractivity (Wildman–Crippen MR) is 320 cm³/mol. The van der Waals surface area contributed by atoms with Crippen LogP contribution >= 0.6 is 10.3 Å². The average molecular weight is 1010 g/mol. The van der Waals surface area contributed by atoms with Crippen molar-refractivity contribution in [3.05, 3.63) is 309 Å². The molecule has 0 saturated carbocycles. The molecule has 0 aromatic heterocycles. The zero-order chi connectivity index (χ0) is 52.0. The summed E-state index contributed by atoms with van der Waals surface area (Å²) in [7, 11) is -3.70. The fraction of sp³-hybridized carbons (Fsp3) is 0. The van der Waals surface area contributed by atoms with Crippen LogP contribution in [0, 0.1) is 0 Å². The minimum absolute atomic E-state index is 0.751. The summed E-state index contributed by atoms with van der Waals surface area (Å²) in [6.07, 6.45) is -1.40. The van der Waals surface area contributed by atoms with E-state index in [-0.39, 0.29) is 0 Å². The Bertz CT molecular complexity index is 3380. The molecule has 0 heterocycles. The highest BCUT2D eigenvalue weighted by Crippen LogP contribution is 2.79. The van der Waals surface area contributed by atoms with E-state index in [9.17, 15) is 5.11 Å². The lowest BCUT2D eigenvalue weighted by Gasteiger charge is -2.46. The van der Waals surface area contributed by atoms with Crippen LogP contribution < -0.4 is 0 Å². The SMILES string of the molecule is O=C(O)OS(c1c(-c2ccccc2)cc(-c2ccccc2)cc1-c1ccccc1)(c1c(-c2ccccc2)cc(-c2ccccc2)cc1-c1ccccc1)c1c(-c2ccccc2)cc(-c2ccccc2)cc1-c1ccccc1. The zero-order valence-electron chi connectivity index (χ0n) is 42.1. The van der Waals surface area contributed by atoms with Crippen LogP contribution in [-0.2, 0) is 4.18 Å². The fourth-order valence-electron chi connectivity index (χ4n) is 10.7. The van der Waals surface area contributed by atoms with Gasteiger partial charge >= 0.3 is 6.16 Å². The molecule has 0 unspecified atom stereocenters. The van der Waals surface area contributed by atoms with Crippen molar-refractivity contribution in [3.8, 4) is 100 Å². The van der Waals surface area contributed by atoms with Crippen LogP contribution in [0.2, 0.25) is 0 Å². The smallest absolute Gasteiger partial charge is 0.449 e. The second kappa shape index (κ2) is 21.6. The molecule has 12 aromatic rings. The first-order valence-electron chi connectivity index (χ1n) is 25.8. The first-order valence-corrected chi connectivity index (χ1v) is 27.4. The summed E-state index contributed by atoms with van der Waals surface area (Å²) in [5.41, 5.74) is 16.6. The molecule has 1 N–H and O–H groups in total. The van der Waals surface area contributed by atoms with Crippen molar-refractivity contribution in [2.45, 2.75) is 14.7 Å². The Labute approximate surface area is 452 Å². The number of rotatable bonds is 13. The molecule has 0 aliphatic rings. The third-order valence-electron chi connectivity index (χ3n) is 14.2. The van der Waals surface area contributed by atoms with Gasteiger partial charge in [0, 0.05) is 25.0 Å². The van der Waals surface area contributed by atoms with Crippen LogP contribution in [0.1, 0.15) is 0 Å². The summed E-state index contributed by atoms with van der Waals surface area (Å²) in [4.78, 5) is 17.3. The average Bonchev–Trinajstić information content (AvgIpc) is 3.70. The maximum atomic E-state index is 15.1. The molecule has 0 aliphatic carbocycles. The molecule has 0 bridgehead atoms. The molecule has 368 valence electrons. The van der Waals surface area contributed by atoms with E-state index in [0.29, 0.717) is 0 Å². The van der Waals surface area contributed by atoms with Crippen LogP contribution in [0.25, 0.3) is 100 Å². The van der Waals surface area contributed by atoms with Crippen molar-refractivity contribution in [1.29, 1.82) is 0 Å². The summed E-state index contributed by atoms with van der Waals surface area (Å²) in [5, 5.41) is 12.3. The number of hydrogen-bond acceptors (Lipinski definition) is 2. The number of carboxylic acid groups (broad SMARTS) is 1. The summed E-state index contributed by atoms with van der Waals surface area (Å²) < 4.78 is 7.61. The lowest BCUT2D eigenvalue weighted by atomic mass is 9.92. The molecule has 3 nitrogen and oxygen atoms in total. The molecule has 12 rings (SSSR count). The molecule has 0 amide bonds. The quantitative estimate of drug-likeness (QED) is 0.125. The highest BCUT2D eigenvalue weighted by atomic mass is 32.3. The van der Waals surface area contributed by atoms with Crippen LogP contribution in [0.4, 0.5) is 4.79 Å². The van der Waals surface area contributed by atoms with Gasteiger partial charge in [-0.3, -0.25) is 0 Å². The van der Waals surface area contributed by atoms with E-state index in [2.05, 4.69) is 255 Å². The Balaban J connectivity index is 1.42. The van der Waals surface area contributed by atoms with E-state index < -0.39 is 16.5 Å². The molecule has 0 saturated heterocycles. The molecule has 0 radical (unpaired) electrons. The van der Waals surface area contributed by atoms with Crippen LogP contribution in [0.3, 0.4) is 0 Å². The van der Waals surface area contributed by atoms with Crippen molar-refractivity contribution in [3.63, 3.8) is 0 Å². The molecular formula is C73H52O3S. The largest absolute Gasteiger partial charge is 0.517 e. The minimum atomic E-state index is -3.70. The van der Waals surface area contributed by atoms with E-state index in [1.54, 1.807) is 0 Å². The standard InChI is InChI=1S/C73H52O3S/c74-73(75)76-77(70-64(55-34-16-4-17-35-55)46-61(52-28-10-1-11-29-52)47-65(70)56-36-18-5-19-37-56,71-66(57-38-20-6-21-39-57)48-62(53-30-12-2-13-31-53)49-67(71)58-40-22-7-23-41-58)72-68(59-42-24-8-25-43-59)50-63(54-32-14-3-15-33-54)51-69(72)60-44-26-9-27-45-60/h1-51H,(H,74,75). The van der Waals surface area contributed by atoms with Gasteiger partial charge in [0.15, 0.2) is 0 Å². The van der Waals surface area contributed by atoms with Crippen LogP contribution in [0.15, 0.2) is 324 Å². The fourth-order valence-corrected chi connectivity index (χ4v) is 14.7. The topological polar surface area (TPSA) is 46.5 Å². The van der Waals surface area contributed by atoms with Crippen molar-refractivity contribution >= 4 is 16.5 Å². The van der Waals surface area contributed by atoms with Crippen molar-refractivity contribution < 1.29 is 14.1 Å². The van der Waals surface area contributed by atoms with Gasteiger partial charge in [-0.05, 0) is 137 Å². The third kappa shape index (κ3) is 9.55. The lowest BCUT2D eigenvalue weighted by Crippen LogP contribution is -2.18. The summed E-state index contributed by atoms with van der Waals surface area (Å²) in [6.45, 7) is 0. The maximum absolute atomic E-state index is 15.1. The monoisotopic (exact) mass is 1010 g/mol. The highest BCUT2D eigenvalue weighted by molar-refractivity contribution is 8.30. The molecule has 0 atom stereocenters. The third-order valence-corrected chi connectivity index (χ3v) is 17.6. The van der Waals surface area contributed by atoms with E-state index in [4.69, 9.17) is 4.18 Å². The molecule has 0 aliphatic heterocycles. The van der Waals surface area contributed by atoms with Crippen LogP contribution in [-0.4, -0.2) is 11.3 Å². The number of carbonyl (C=O) groups is 1. The van der Waals surface area contributed by atoms with Crippen molar-refractivity contribution in [2.75, 3.05) is 0 Å². The molecule has 0 spiro atoms. The maximum Gasteiger partial charge on any atom is 0.517 e. The Morgan fingerprint density at radius 3 is 0.545 bits per heavy atom. The van der Waals surface area contributed by atoms with Gasteiger partial charge in [0.1, 0.15) is 0 Å². The van der Waals surface area contributed by atoms with Gasteiger partial charge in [0.25, 0.3) is 0 Å². The van der Waals surface area contributed by atoms with Gasteiger partial charge in [-0.25, -0.2) is 4.79 Å². The molecule has 77 heavy (non-hydrogen) atoms. The van der Waals surface area contributed by atoms with E-state index in [1.807, 2.05) is 54.6 Å². The molecular weight excluding hydrogens is 957 g/mol. The Kier molecular flexibility index (Phi) is 13.5. The van der Waals surface area contributed by atoms with Crippen molar-refractivity contribution in [1.82, 2.24) is 0 Å². The van der Waals surface area contributed by atoms with E-state index in [0.717, 1.165) is 115 Å². The second-order valence-electron chi connectivity index (χ2n) is 18.9. The number of hydrogen-bond donors (Lipinski definition) is 1. The van der Waals surface area contributed by atoms with Gasteiger partial charge in [-0.1, -0.05) is 273 Å². The molecule has 0 fully saturated rings.